The summed E-state index contributed by atoms with van der Waals surface area (Å²) < 4.78 is 47.1. The number of pyridine rings is 1. The van der Waals surface area contributed by atoms with Crippen molar-refractivity contribution in [2.24, 2.45) is 0 Å². The number of aromatic nitrogens is 3. The van der Waals surface area contributed by atoms with Gasteiger partial charge in [0, 0.05) is 22.3 Å². The first kappa shape index (κ1) is 19.0. The van der Waals surface area contributed by atoms with E-state index in [0.717, 1.165) is 16.6 Å². The quantitative estimate of drug-likeness (QED) is 0.352. The van der Waals surface area contributed by atoms with Gasteiger partial charge in [-0.25, -0.2) is 14.4 Å². The molecule has 0 amide bonds. The predicted octanol–water partition coefficient (Wildman–Crippen LogP) is 4.89. The van der Waals surface area contributed by atoms with E-state index < -0.39 is 11.7 Å². The van der Waals surface area contributed by atoms with Crippen LogP contribution in [0.4, 0.5) is 13.2 Å². The number of alkyl halides is 3. The lowest BCUT2D eigenvalue weighted by Crippen LogP contribution is -2.22. The maximum atomic E-state index is 12.9. The smallest absolute Gasteiger partial charge is 0.416 e. The molecule has 150 valence electrons. The van der Waals surface area contributed by atoms with Crippen LogP contribution in [-0.4, -0.2) is 14.4 Å². The van der Waals surface area contributed by atoms with E-state index in [2.05, 4.69) is 25.9 Å². The molecule has 0 saturated heterocycles. The van der Waals surface area contributed by atoms with Crippen molar-refractivity contribution in [3.8, 4) is 11.3 Å². The van der Waals surface area contributed by atoms with Crippen LogP contribution in [-0.2, 0) is 6.18 Å². The number of fused-ring (bicyclic) bond motifs is 3. The van der Waals surface area contributed by atoms with Gasteiger partial charge in [-0.05, 0) is 46.3 Å². The molecule has 0 aliphatic heterocycles. The summed E-state index contributed by atoms with van der Waals surface area (Å²) in [6.45, 7) is 0. The molecule has 0 saturated carbocycles. The van der Waals surface area contributed by atoms with Crippen molar-refractivity contribution in [2.45, 2.75) is 6.18 Å². The highest BCUT2D eigenvalue weighted by Gasteiger charge is 2.30. The zero-order chi connectivity index (χ0) is 21.0. The van der Waals surface area contributed by atoms with Gasteiger partial charge in [0.25, 0.3) is 5.56 Å². The van der Waals surface area contributed by atoms with Gasteiger partial charge in [0.15, 0.2) is 10.6 Å². The van der Waals surface area contributed by atoms with Crippen LogP contribution >= 0.6 is 27.3 Å². The first-order chi connectivity index (χ1) is 14.3. The molecule has 4 aromatic heterocycles. The molecule has 0 radical (unpaired) electrons. The van der Waals surface area contributed by atoms with Crippen molar-refractivity contribution in [1.29, 1.82) is 0 Å². The number of nitrogens with zero attached hydrogens (tertiary/aromatic N) is 3. The Bertz CT molecular complexity index is 1530. The van der Waals surface area contributed by atoms with Gasteiger partial charge in [-0.15, -0.1) is 0 Å². The molecule has 0 unspecified atom stereocenters. The molecule has 5 aromatic rings. The lowest BCUT2D eigenvalue weighted by atomic mass is 10.1. The van der Waals surface area contributed by atoms with Crippen LogP contribution in [0.3, 0.4) is 0 Å². The van der Waals surface area contributed by atoms with Crippen molar-refractivity contribution in [3.63, 3.8) is 0 Å². The van der Waals surface area contributed by atoms with Crippen LogP contribution in [0.5, 0.6) is 0 Å². The van der Waals surface area contributed by atoms with Crippen molar-refractivity contribution >= 4 is 49.5 Å². The van der Waals surface area contributed by atoms with Crippen LogP contribution in [0.25, 0.3) is 33.5 Å². The minimum atomic E-state index is -4.44. The fourth-order valence-electron chi connectivity index (χ4n) is 3.08. The Balaban J connectivity index is 1.57. The maximum absolute atomic E-state index is 12.9. The minimum Gasteiger partial charge on any atom is -0.457 e. The third-order valence-corrected chi connectivity index (χ3v) is 5.83. The van der Waals surface area contributed by atoms with Gasteiger partial charge in [0.05, 0.1) is 5.56 Å². The summed E-state index contributed by atoms with van der Waals surface area (Å²) in [6.07, 6.45) is -1.30. The van der Waals surface area contributed by atoms with E-state index >= 15 is 0 Å². The molecule has 0 aliphatic rings. The summed E-state index contributed by atoms with van der Waals surface area (Å²) in [5.74, 6) is 0.627. The molecule has 10 heteroatoms. The Morgan fingerprint density at radius 1 is 1.17 bits per heavy atom. The number of benzene rings is 1. The zero-order valence-electron chi connectivity index (χ0n) is 14.8. The van der Waals surface area contributed by atoms with Crippen molar-refractivity contribution in [1.82, 2.24) is 14.4 Å². The van der Waals surface area contributed by atoms with E-state index in [-0.39, 0.29) is 11.3 Å². The van der Waals surface area contributed by atoms with Crippen molar-refractivity contribution in [3.05, 3.63) is 79.3 Å². The Morgan fingerprint density at radius 2 is 2.00 bits per heavy atom. The minimum absolute atomic E-state index is 0.276. The molecule has 0 spiro atoms. The average Bonchev–Trinajstić information content (AvgIpc) is 3.37. The lowest BCUT2D eigenvalue weighted by molar-refractivity contribution is -0.137. The number of imidazole rings is 1. The van der Waals surface area contributed by atoms with Crippen LogP contribution in [0.2, 0.25) is 0 Å². The molecule has 0 bridgehead atoms. The molecule has 0 aliphatic carbocycles. The van der Waals surface area contributed by atoms with E-state index in [4.69, 9.17) is 4.42 Å². The summed E-state index contributed by atoms with van der Waals surface area (Å²) in [5.41, 5.74) is 0.314. The molecular weight excluding hydrogens is 483 g/mol. The topological polar surface area (TPSA) is 60.4 Å². The summed E-state index contributed by atoms with van der Waals surface area (Å²) in [7, 11) is 0. The molecule has 0 atom stereocenters. The second-order valence-electron chi connectivity index (χ2n) is 6.42. The summed E-state index contributed by atoms with van der Waals surface area (Å²) in [4.78, 5) is 22.0. The van der Waals surface area contributed by atoms with Gasteiger partial charge in [0.2, 0.25) is 0 Å². The van der Waals surface area contributed by atoms with Gasteiger partial charge >= 0.3 is 6.18 Å². The van der Waals surface area contributed by atoms with E-state index in [1.807, 2.05) is 0 Å². The fraction of sp³-hybridized carbons (Fsp3) is 0.0500. The van der Waals surface area contributed by atoms with E-state index in [9.17, 15) is 18.0 Å². The number of thiazole rings is 1. The van der Waals surface area contributed by atoms with Crippen LogP contribution in [0.15, 0.2) is 62.3 Å². The second-order valence-corrected chi connectivity index (χ2v) is 8.35. The van der Waals surface area contributed by atoms with E-state index in [1.54, 1.807) is 30.5 Å². The molecule has 5 rings (SSSR count). The number of hydrogen-bond acceptors (Lipinski definition) is 5. The molecule has 0 N–H and O–H groups in total. The van der Waals surface area contributed by atoms with Gasteiger partial charge in [-0.2, -0.15) is 13.2 Å². The third kappa shape index (κ3) is 3.21. The van der Waals surface area contributed by atoms with Gasteiger partial charge in [-0.3, -0.25) is 4.79 Å². The van der Waals surface area contributed by atoms with Gasteiger partial charge < -0.3 is 4.42 Å². The molecule has 1 aromatic carbocycles. The summed E-state index contributed by atoms with van der Waals surface area (Å²) in [5, 5.41) is 0. The number of furan rings is 1. The molecular formula is C20H9BrF3N3O2S. The van der Waals surface area contributed by atoms with E-state index in [1.165, 1.54) is 27.9 Å². The highest BCUT2D eigenvalue weighted by Crippen LogP contribution is 2.32. The van der Waals surface area contributed by atoms with Crippen LogP contribution in [0.1, 0.15) is 11.3 Å². The predicted molar refractivity (Wildman–Crippen MR) is 110 cm³/mol. The van der Waals surface area contributed by atoms with E-state index in [0.29, 0.717) is 32.0 Å². The first-order valence-electron chi connectivity index (χ1n) is 8.55. The highest BCUT2D eigenvalue weighted by molar-refractivity contribution is 9.10. The van der Waals surface area contributed by atoms with Crippen molar-refractivity contribution in [2.75, 3.05) is 0 Å². The first-order valence-corrected chi connectivity index (χ1v) is 10.2. The molecule has 0 fully saturated rings. The Morgan fingerprint density at radius 3 is 2.80 bits per heavy atom. The van der Waals surface area contributed by atoms with Crippen molar-refractivity contribution < 1.29 is 17.6 Å². The Kier molecular flexibility index (Phi) is 4.30. The Hall–Kier alpha value is -2.98. The number of rotatable bonds is 2. The normalized spacial score (nSPS) is 13.0. The van der Waals surface area contributed by atoms with Gasteiger partial charge in [-0.1, -0.05) is 23.5 Å². The van der Waals surface area contributed by atoms with Crippen LogP contribution in [0, 0.1) is 0 Å². The Labute approximate surface area is 178 Å². The van der Waals surface area contributed by atoms with Crippen LogP contribution < -0.4 is 10.1 Å². The zero-order valence-corrected chi connectivity index (χ0v) is 17.2. The van der Waals surface area contributed by atoms with Gasteiger partial charge in [0.1, 0.15) is 21.6 Å². The molecule has 5 nitrogen and oxygen atoms in total. The highest BCUT2D eigenvalue weighted by atomic mass is 79.9. The molecule has 4 heterocycles. The number of halogens is 4. The average molecular weight is 492 g/mol. The summed E-state index contributed by atoms with van der Waals surface area (Å²) >= 11 is 4.51. The SMILES string of the molecule is O=c1/c(=C\c2ccc(-c3cccc(C(F)(F)F)c3)o2)sc2nc3cc(Br)cnc3n12. The number of hydrogen-bond donors (Lipinski definition) is 0. The fourth-order valence-corrected chi connectivity index (χ4v) is 4.35. The standard InChI is InChI=1S/C20H9BrF3N3O2S/c21-12-7-14-17(25-9-12)27-18(28)16(30-19(27)26-14)8-13-4-5-15(29-13)10-2-1-3-11(6-10)20(22,23)24/h1-9H/b16-8+. The monoisotopic (exact) mass is 491 g/mol. The second kappa shape index (κ2) is 6.78. The maximum Gasteiger partial charge on any atom is 0.416 e. The largest absolute Gasteiger partial charge is 0.457 e. The molecule has 30 heavy (non-hydrogen) atoms. The summed E-state index contributed by atoms with van der Waals surface area (Å²) in [6, 6.07) is 9.83. The third-order valence-electron chi connectivity index (χ3n) is 4.42. The lowest BCUT2D eigenvalue weighted by Gasteiger charge is -2.07.